The molecular weight excluding hydrogens is 216 g/mol. The molecule has 0 atom stereocenters. The van der Waals surface area contributed by atoms with Gasteiger partial charge in [0.1, 0.15) is 5.56 Å². The Balaban J connectivity index is 2.37. The molecule has 17 heavy (non-hydrogen) atoms. The topological polar surface area (TPSA) is 62.2 Å². The molecule has 0 bridgehead atoms. The number of para-hydroxylation sites is 1. The molecule has 0 fully saturated rings. The van der Waals surface area contributed by atoms with E-state index in [0.29, 0.717) is 5.69 Å². The molecule has 0 saturated carbocycles. The Kier molecular flexibility index (Phi) is 3.05. The molecule has 0 aliphatic rings. The monoisotopic (exact) mass is 228 g/mol. The number of carboxylic acid groups (broad SMARTS) is 1. The average Bonchev–Trinajstić information content (AvgIpc) is 2.30. The minimum atomic E-state index is -0.990. The first kappa shape index (κ1) is 11.1. The molecule has 0 aliphatic carbocycles. The minimum absolute atomic E-state index is 0.166. The molecule has 0 saturated heterocycles. The number of rotatable bonds is 3. The third-order valence-electron chi connectivity index (χ3n) is 2.32. The van der Waals surface area contributed by atoms with Crippen LogP contribution in [0.4, 0.5) is 11.4 Å². The normalized spacial score (nSPS) is 9.94. The number of aromatic carboxylic acids is 1. The molecule has 1 aromatic heterocycles. The van der Waals surface area contributed by atoms with Crippen molar-refractivity contribution in [2.45, 2.75) is 6.92 Å². The number of carbonyl (C=O) groups is 1. The summed E-state index contributed by atoms with van der Waals surface area (Å²) >= 11 is 0. The molecular formula is C13H12N2O2. The molecule has 2 N–H and O–H groups in total. The number of benzene rings is 1. The van der Waals surface area contributed by atoms with Gasteiger partial charge in [-0.25, -0.2) is 4.79 Å². The zero-order valence-corrected chi connectivity index (χ0v) is 9.34. The fraction of sp³-hybridized carbons (Fsp3) is 0.0769. The summed E-state index contributed by atoms with van der Waals surface area (Å²) in [7, 11) is 0. The maximum atomic E-state index is 11.0. The summed E-state index contributed by atoms with van der Waals surface area (Å²) in [6.45, 7) is 1.82. The maximum absolute atomic E-state index is 11.0. The molecule has 2 aromatic rings. The number of aromatic nitrogens is 1. The van der Waals surface area contributed by atoms with Crippen LogP contribution >= 0.6 is 0 Å². The van der Waals surface area contributed by atoms with Gasteiger partial charge in [0, 0.05) is 17.6 Å². The highest BCUT2D eigenvalue weighted by Crippen LogP contribution is 2.20. The van der Waals surface area contributed by atoms with Gasteiger partial charge in [-0.05, 0) is 25.1 Å². The van der Waals surface area contributed by atoms with Crippen LogP contribution in [0.2, 0.25) is 0 Å². The molecule has 0 aliphatic heterocycles. The van der Waals surface area contributed by atoms with Crippen molar-refractivity contribution in [1.82, 2.24) is 4.98 Å². The quantitative estimate of drug-likeness (QED) is 0.847. The highest BCUT2D eigenvalue weighted by Gasteiger charge is 2.10. The highest BCUT2D eigenvalue weighted by atomic mass is 16.4. The van der Waals surface area contributed by atoms with Crippen molar-refractivity contribution in [3.05, 3.63) is 53.9 Å². The molecule has 4 heteroatoms. The van der Waals surface area contributed by atoms with Crippen LogP contribution in [0.5, 0.6) is 0 Å². The number of nitrogens with zero attached hydrogens (tertiary/aromatic N) is 1. The Hall–Kier alpha value is -2.36. The van der Waals surface area contributed by atoms with Crippen LogP contribution in [0.15, 0.2) is 42.6 Å². The molecule has 86 valence electrons. The number of pyridine rings is 1. The second-order valence-corrected chi connectivity index (χ2v) is 3.67. The highest BCUT2D eigenvalue weighted by molar-refractivity contribution is 5.94. The second kappa shape index (κ2) is 4.65. The van der Waals surface area contributed by atoms with Gasteiger partial charge in [-0.15, -0.1) is 0 Å². The molecule has 1 heterocycles. The van der Waals surface area contributed by atoms with Crippen LogP contribution in [0.3, 0.4) is 0 Å². The van der Waals surface area contributed by atoms with E-state index in [2.05, 4.69) is 10.3 Å². The van der Waals surface area contributed by atoms with Crippen molar-refractivity contribution in [1.29, 1.82) is 0 Å². The molecule has 0 spiro atoms. The first-order valence-corrected chi connectivity index (χ1v) is 5.19. The van der Waals surface area contributed by atoms with Gasteiger partial charge in [0.15, 0.2) is 0 Å². The van der Waals surface area contributed by atoms with Gasteiger partial charge in [0.25, 0.3) is 0 Å². The van der Waals surface area contributed by atoms with E-state index < -0.39 is 5.97 Å². The van der Waals surface area contributed by atoms with E-state index in [4.69, 9.17) is 5.11 Å². The Labute approximate surface area is 98.9 Å². The van der Waals surface area contributed by atoms with Crippen LogP contribution in [-0.4, -0.2) is 16.1 Å². The number of hydrogen-bond donors (Lipinski definition) is 2. The summed E-state index contributed by atoms with van der Waals surface area (Å²) in [4.78, 5) is 15.0. The predicted molar refractivity (Wildman–Crippen MR) is 65.7 cm³/mol. The molecule has 1 aromatic carbocycles. The van der Waals surface area contributed by atoms with Gasteiger partial charge >= 0.3 is 5.97 Å². The van der Waals surface area contributed by atoms with E-state index in [1.54, 1.807) is 6.07 Å². The van der Waals surface area contributed by atoms with Crippen LogP contribution in [0.25, 0.3) is 0 Å². The number of aryl methyl sites for hydroxylation is 1. The van der Waals surface area contributed by atoms with Crippen LogP contribution in [0, 0.1) is 6.92 Å². The van der Waals surface area contributed by atoms with Gasteiger partial charge in [-0.2, -0.15) is 0 Å². The van der Waals surface area contributed by atoms with Crippen molar-refractivity contribution in [2.24, 2.45) is 0 Å². The minimum Gasteiger partial charge on any atom is -0.478 e. The summed E-state index contributed by atoms with van der Waals surface area (Å²) in [5.41, 5.74) is 2.34. The number of nitrogens with one attached hydrogen (secondary N) is 1. The van der Waals surface area contributed by atoms with Gasteiger partial charge < -0.3 is 10.4 Å². The summed E-state index contributed by atoms with van der Waals surface area (Å²) < 4.78 is 0. The standard InChI is InChI=1S/C13H12N2O2/c1-9-7-12(11(8-14-9)13(16)17)15-10-5-3-2-4-6-10/h2-8H,1H3,(H,14,15)(H,16,17). The summed E-state index contributed by atoms with van der Waals surface area (Å²) in [6, 6.07) is 11.1. The Morgan fingerprint density at radius 2 is 2.00 bits per heavy atom. The zero-order valence-electron chi connectivity index (χ0n) is 9.34. The fourth-order valence-corrected chi connectivity index (χ4v) is 1.51. The third kappa shape index (κ3) is 2.60. The van der Waals surface area contributed by atoms with Crippen LogP contribution in [-0.2, 0) is 0 Å². The van der Waals surface area contributed by atoms with E-state index in [1.807, 2.05) is 37.3 Å². The smallest absolute Gasteiger partial charge is 0.339 e. The SMILES string of the molecule is Cc1cc(Nc2ccccc2)c(C(=O)O)cn1. The molecule has 2 rings (SSSR count). The van der Waals surface area contributed by atoms with Crippen molar-refractivity contribution in [3.8, 4) is 0 Å². The van der Waals surface area contributed by atoms with E-state index in [0.717, 1.165) is 11.4 Å². The predicted octanol–water partition coefficient (Wildman–Crippen LogP) is 2.83. The largest absolute Gasteiger partial charge is 0.478 e. The molecule has 0 unspecified atom stereocenters. The lowest BCUT2D eigenvalue weighted by molar-refractivity contribution is 0.0697. The van der Waals surface area contributed by atoms with Crippen molar-refractivity contribution >= 4 is 17.3 Å². The second-order valence-electron chi connectivity index (χ2n) is 3.67. The lowest BCUT2D eigenvalue weighted by Crippen LogP contribution is -2.04. The number of carboxylic acids is 1. The third-order valence-corrected chi connectivity index (χ3v) is 2.32. The summed E-state index contributed by atoms with van der Waals surface area (Å²) in [5, 5.41) is 12.1. The van der Waals surface area contributed by atoms with E-state index in [9.17, 15) is 4.79 Å². The van der Waals surface area contributed by atoms with Gasteiger partial charge in [-0.1, -0.05) is 18.2 Å². The molecule has 4 nitrogen and oxygen atoms in total. The molecule has 0 radical (unpaired) electrons. The van der Waals surface area contributed by atoms with Crippen molar-refractivity contribution in [2.75, 3.05) is 5.32 Å². The lowest BCUT2D eigenvalue weighted by atomic mass is 10.2. The van der Waals surface area contributed by atoms with Crippen LogP contribution < -0.4 is 5.32 Å². The average molecular weight is 228 g/mol. The van der Waals surface area contributed by atoms with Gasteiger partial charge in [-0.3, -0.25) is 4.98 Å². The lowest BCUT2D eigenvalue weighted by Gasteiger charge is -2.09. The van der Waals surface area contributed by atoms with E-state index in [1.165, 1.54) is 6.20 Å². The Morgan fingerprint density at radius 3 is 2.65 bits per heavy atom. The first-order chi connectivity index (χ1) is 8.16. The van der Waals surface area contributed by atoms with Gasteiger partial charge in [0.05, 0.1) is 5.69 Å². The van der Waals surface area contributed by atoms with Crippen LogP contribution in [0.1, 0.15) is 16.1 Å². The van der Waals surface area contributed by atoms with E-state index in [-0.39, 0.29) is 5.56 Å². The Morgan fingerprint density at radius 1 is 1.29 bits per heavy atom. The van der Waals surface area contributed by atoms with E-state index >= 15 is 0 Å². The summed E-state index contributed by atoms with van der Waals surface area (Å²) in [5.74, 6) is -0.990. The number of hydrogen-bond acceptors (Lipinski definition) is 3. The van der Waals surface area contributed by atoms with Crippen molar-refractivity contribution in [3.63, 3.8) is 0 Å². The summed E-state index contributed by atoms with van der Waals surface area (Å²) in [6.07, 6.45) is 1.36. The molecule has 0 amide bonds. The zero-order chi connectivity index (χ0) is 12.3. The first-order valence-electron chi connectivity index (χ1n) is 5.19. The van der Waals surface area contributed by atoms with Crippen molar-refractivity contribution < 1.29 is 9.90 Å². The van der Waals surface area contributed by atoms with Gasteiger partial charge in [0.2, 0.25) is 0 Å². The Bertz CT molecular complexity index is 538. The number of anilines is 2. The maximum Gasteiger partial charge on any atom is 0.339 e. The fourth-order valence-electron chi connectivity index (χ4n) is 1.51.